The molecule has 0 saturated heterocycles. The molecule has 0 amide bonds. The summed E-state index contributed by atoms with van der Waals surface area (Å²) < 4.78 is 0. The SMILES string of the molecule is C=CS/C=C(/C)CC.CC. The number of hydrogen-bond acceptors (Lipinski definition) is 1. The van der Waals surface area contributed by atoms with Gasteiger partial charge in [-0.25, -0.2) is 0 Å². The Morgan fingerprint density at radius 3 is 2.30 bits per heavy atom. The van der Waals surface area contributed by atoms with Gasteiger partial charge in [-0.1, -0.05) is 32.9 Å². The molecule has 0 atom stereocenters. The van der Waals surface area contributed by atoms with Crippen molar-refractivity contribution in [2.24, 2.45) is 0 Å². The van der Waals surface area contributed by atoms with Gasteiger partial charge in [0.1, 0.15) is 0 Å². The zero-order chi connectivity index (χ0) is 8.41. The molecular formula is C9H18S. The van der Waals surface area contributed by atoms with Gasteiger partial charge in [0.15, 0.2) is 0 Å². The van der Waals surface area contributed by atoms with E-state index < -0.39 is 0 Å². The summed E-state index contributed by atoms with van der Waals surface area (Å²) in [5, 5.41) is 3.95. The van der Waals surface area contributed by atoms with Crippen LogP contribution in [0.1, 0.15) is 34.1 Å². The van der Waals surface area contributed by atoms with E-state index in [2.05, 4.69) is 25.8 Å². The van der Waals surface area contributed by atoms with E-state index >= 15 is 0 Å². The number of allylic oxidation sites excluding steroid dienone is 1. The molecule has 0 aliphatic carbocycles. The first-order chi connectivity index (χ1) is 4.81. The van der Waals surface area contributed by atoms with Crippen LogP contribution < -0.4 is 0 Å². The van der Waals surface area contributed by atoms with Crippen LogP contribution in [0.15, 0.2) is 23.0 Å². The second-order valence-electron chi connectivity index (χ2n) is 1.62. The Bertz CT molecular complexity index is 92.9. The minimum atomic E-state index is 1.14. The Hall–Kier alpha value is -0.170. The van der Waals surface area contributed by atoms with Crippen molar-refractivity contribution in [1.29, 1.82) is 0 Å². The van der Waals surface area contributed by atoms with Gasteiger partial charge in [-0.3, -0.25) is 0 Å². The van der Waals surface area contributed by atoms with E-state index in [9.17, 15) is 0 Å². The molecule has 0 heterocycles. The van der Waals surface area contributed by atoms with E-state index in [1.165, 1.54) is 5.57 Å². The smallest absolute Gasteiger partial charge is 0.0259 e. The van der Waals surface area contributed by atoms with Gasteiger partial charge in [-0.05, 0) is 24.2 Å². The van der Waals surface area contributed by atoms with Crippen LogP contribution in [-0.4, -0.2) is 0 Å². The van der Waals surface area contributed by atoms with Crippen LogP contribution >= 0.6 is 11.8 Å². The molecular weight excluding hydrogens is 140 g/mol. The van der Waals surface area contributed by atoms with Crippen LogP contribution in [-0.2, 0) is 0 Å². The van der Waals surface area contributed by atoms with Crippen molar-refractivity contribution in [3.8, 4) is 0 Å². The van der Waals surface area contributed by atoms with Gasteiger partial charge in [0.05, 0.1) is 0 Å². The highest BCUT2D eigenvalue weighted by atomic mass is 32.2. The van der Waals surface area contributed by atoms with Crippen molar-refractivity contribution >= 4 is 11.8 Å². The normalized spacial score (nSPS) is 9.80. The van der Waals surface area contributed by atoms with Crippen molar-refractivity contribution in [3.05, 3.63) is 23.0 Å². The van der Waals surface area contributed by atoms with Crippen LogP contribution in [0, 0.1) is 0 Å². The zero-order valence-corrected chi connectivity index (χ0v) is 8.29. The fourth-order valence-electron chi connectivity index (χ4n) is 0.248. The lowest BCUT2D eigenvalue weighted by Gasteiger charge is -1.88. The molecule has 10 heavy (non-hydrogen) atoms. The summed E-state index contributed by atoms with van der Waals surface area (Å²) in [5.74, 6) is 0. The monoisotopic (exact) mass is 158 g/mol. The van der Waals surface area contributed by atoms with Crippen LogP contribution in [0.3, 0.4) is 0 Å². The Kier molecular flexibility index (Phi) is 14.5. The van der Waals surface area contributed by atoms with Crippen LogP contribution in [0.5, 0.6) is 0 Å². The summed E-state index contributed by atoms with van der Waals surface area (Å²) in [7, 11) is 0. The topological polar surface area (TPSA) is 0 Å². The van der Waals surface area contributed by atoms with Gasteiger partial charge in [0, 0.05) is 0 Å². The maximum atomic E-state index is 3.59. The van der Waals surface area contributed by atoms with E-state index in [1.54, 1.807) is 11.8 Å². The molecule has 0 fully saturated rings. The lowest BCUT2D eigenvalue weighted by atomic mass is 10.3. The van der Waals surface area contributed by atoms with E-state index in [-0.39, 0.29) is 0 Å². The number of hydrogen-bond donors (Lipinski definition) is 0. The summed E-state index contributed by atoms with van der Waals surface area (Å²) in [6.07, 6.45) is 1.14. The highest BCUT2D eigenvalue weighted by Gasteiger charge is 1.78. The predicted octanol–water partition coefficient (Wildman–Crippen LogP) is 4.20. The second-order valence-corrected chi connectivity index (χ2v) is 2.46. The third-order valence-electron chi connectivity index (χ3n) is 0.923. The molecule has 0 radical (unpaired) electrons. The first kappa shape index (κ1) is 12.5. The fraction of sp³-hybridized carbons (Fsp3) is 0.556. The fourth-order valence-corrected chi connectivity index (χ4v) is 0.743. The zero-order valence-electron chi connectivity index (χ0n) is 7.48. The van der Waals surface area contributed by atoms with E-state index in [1.807, 2.05) is 19.3 Å². The molecule has 1 heteroatoms. The molecule has 0 aromatic heterocycles. The average Bonchev–Trinajstić information content (AvgIpc) is 2.04. The maximum absolute atomic E-state index is 3.59. The molecule has 0 bridgehead atoms. The Labute approximate surface area is 69.4 Å². The van der Waals surface area contributed by atoms with Crippen molar-refractivity contribution < 1.29 is 0 Å². The Morgan fingerprint density at radius 2 is 2.00 bits per heavy atom. The molecule has 0 spiro atoms. The highest BCUT2D eigenvalue weighted by molar-refractivity contribution is 8.04. The molecule has 0 aliphatic heterocycles. The van der Waals surface area contributed by atoms with E-state index in [0.29, 0.717) is 0 Å². The quantitative estimate of drug-likeness (QED) is 0.593. The lowest BCUT2D eigenvalue weighted by molar-refractivity contribution is 1.11. The predicted molar refractivity (Wildman–Crippen MR) is 53.2 cm³/mol. The summed E-state index contributed by atoms with van der Waals surface area (Å²) in [5.41, 5.74) is 1.41. The molecule has 0 aromatic rings. The number of thioether (sulfide) groups is 1. The third-order valence-corrected chi connectivity index (χ3v) is 1.65. The summed E-state index contributed by atoms with van der Waals surface area (Å²) >= 11 is 1.64. The average molecular weight is 158 g/mol. The Morgan fingerprint density at radius 1 is 1.50 bits per heavy atom. The summed E-state index contributed by atoms with van der Waals surface area (Å²) in [6.45, 7) is 11.9. The van der Waals surface area contributed by atoms with Crippen molar-refractivity contribution in [3.63, 3.8) is 0 Å². The van der Waals surface area contributed by atoms with Gasteiger partial charge in [-0.2, -0.15) is 0 Å². The van der Waals surface area contributed by atoms with Crippen LogP contribution in [0.4, 0.5) is 0 Å². The summed E-state index contributed by atoms with van der Waals surface area (Å²) in [6, 6.07) is 0. The van der Waals surface area contributed by atoms with Crippen LogP contribution in [0.25, 0.3) is 0 Å². The first-order valence-electron chi connectivity index (χ1n) is 3.73. The highest BCUT2D eigenvalue weighted by Crippen LogP contribution is 2.08. The molecule has 60 valence electrons. The second kappa shape index (κ2) is 11.6. The van der Waals surface area contributed by atoms with Gasteiger partial charge < -0.3 is 0 Å². The van der Waals surface area contributed by atoms with Gasteiger partial charge in [0.2, 0.25) is 0 Å². The lowest BCUT2D eigenvalue weighted by Crippen LogP contribution is -1.64. The number of rotatable bonds is 3. The molecule has 0 saturated carbocycles. The maximum Gasteiger partial charge on any atom is -0.0259 e. The third kappa shape index (κ3) is 10.7. The molecule has 0 aliphatic rings. The van der Waals surface area contributed by atoms with Gasteiger partial charge in [-0.15, -0.1) is 11.8 Å². The minimum Gasteiger partial charge on any atom is -0.107 e. The summed E-state index contributed by atoms with van der Waals surface area (Å²) in [4.78, 5) is 0. The van der Waals surface area contributed by atoms with Crippen molar-refractivity contribution in [2.45, 2.75) is 34.1 Å². The van der Waals surface area contributed by atoms with E-state index in [4.69, 9.17) is 0 Å². The Balaban J connectivity index is 0. The molecule has 0 rings (SSSR count). The van der Waals surface area contributed by atoms with Gasteiger partial charge >= 0.3 is 0 Å². The molecule has 0 nitrogen and oxygen atoms in total. The first-order valence-corrected chi connectivity index (χ1v) is 4.67. The standard InChI is InChI=1S/C7H12S.C2H6/c1-4-7(3)6-8-5-2;1-2/h5-6H,2,4H2,1,3H3;1-2H3/b7-6-;. The van der Waals surface area contributed by atoms with E-state index in [0.717, 1.165) is 6.42 Å². The molecule has 0 unspecified atom stereocenters. The van der Waals surface area contributed by atoms with Gasteiger partial charge in [0.25, 0.3) is 0 Å². The largest absolute Gasteiger partial charge is 0.107 e. The molecule has 0 N–H and O–H groups in total. The molecule has 0 aromatic carbocycles. The minimum absolute atomic E-state index is 1.14. The van der Waals surface area contributed by atoms with Crippen molar-refractivity contribution in [1.82, 2.24) is 0 Å². The van der Waals surface area contributed by atoms with Crippen molar-refractivity contribution in [2.75, 3.05) is 0 Å². The van der Waals surface area contributed by atoms with Crippen LogP contribution in [0.2, 0.25) is 0 Å².